The van der Waals surface area contributed by atoms with Gasteiger partial charge < -0.3 is 10.1 Å². The molecule has 0 aliphatic rings. The average Bonchev–Trinajstić information content (AvgIpc) is 2.46. The molecule has 0 heterocycles. The Morgan fingerprint density at radius 1 is 1.14 bits per heavy atom. The Balaban J connectivity index is 2.44. The molecular weight excluding hydrogens is 509 g/mol. The Kier molecular flexibility index (Phi) is 6.52. The summed E-state index contributed by atoms with van der Waals surface area (Å²) >= 11 is 9.59. The lowest BCUT2D eigenvalue weighted by Crippen LogP contribution is -2.19. The van der Waals surface area contributed by atoms with E-state index in [1.165, 1.54) is 14.7 Å². The molecule has 0 amide bonds. The summed E-state index contributed by atoms with van der Waals surface area (Å²) in [7, 11) is 1.98. The summed E-state index contributed by atoms with van der Waals surface area (Å²) in [4.78, 5) is 0. The normalized spacial score (nSPS) is 12.2. The predicted molar refractivity (Wildman–Crippen MR) is 103 cm³/mol. The van der Waals surface area contributed by atoms with Crippen molar-refractivity contribution < 1.29 is 4.74 Å². The van der Waals surface area contributed by atoms with Crippen molar-refractivity contribution in [2.75, 3.05) is 13.7 Å². The van der Waals surface area contributed by atoms with E-state index in [4.69, 9.17) is 4.74 Å². The lowest BCUT2D eigenvalue weighted by atomic mass is 9.99. The molecule has 0 saturated heterocycles. The van der Waals surface area contributed by atoms with Gasteiger partial charge in [0.15, 0.2) is 0 Å². The maximum Gasteiger partial charge on any atom is 0.120 e. The zero-order valence-electron chi connectivity index (χ0n) is 11.8. The van der Waals surface area contributed by atoms with Crippen molar-refractivity contribution in [1.82, 2.24) is 5.32 Å². The van der Waals surface area contributed by atoms with Crippen LogP contribution in [0.5, 0.6) is 5.75 Å². The second-order valence-electron chi connectivity index (χ2n) is 4.50. The first-order valence-corrected chi connectivity index (χ1v) is 9.27. The molecule has 2 aromatic carbocycles. The van der Waals surface area contributed by atoms with Gasteiger partial charge in [-0.15, -0.1) is 0 Å². The first kappa shape index (κ1) is 17.2. The molecule has 0 saturated carbocycles. The first-order chi connectivity index (χ1) is 10.1. The van der Waals surface area contributed by atoms with Crippen LogP contribution in [0.3, 0.4) is 0 Å². The molecule has 112 valence electrons. The minimum atomic E-state index is 0.124. The van der Waals surface area contributed by atoms with Gasteiger partial charge in [-0.1, -0.05) is 37.9 Å². The minimum absolute atomic E-state index is 0.124. The summed E-state index contributed by atoms with van der Waals surface area (Å²) in [5, 5.41) is 3.40. The first-order valence-electron chi connectivity index (χ1n) is 6.61. The van der Waals surface area contributed by atoms with E-state index >= 15 is 0 Å². The van der Waals surface area contributed by atoms with E-state index < -0.39 is 0 Å². The van der Waals surface area contributed by atoms with E-state index in [1.54, 1.807) is 0 Å². The van der Waals surface area contributed by atoms with Crippen LogP contribution in [0.25, 0.3) is 0 Å². The number of benzene rings is 2. The Labute approximate surface area is 156 Å². The molecule has 2 nitrogen and oxygen atoms in total. The minimum Gasteiger partial charge on any atom is -0.494 e. The van der Waals surface area contributed by atoms with E-state index in [0.717, 1.165) is 14.7 Å². The van der Waals surface area contributed by atoms with Crippen molar-refractivity contribution >= 4 is 54.5 Å². The van der Waals surface area contributed by atoms with Gasteiger partial charge in [0.2, 0.25) is 0 Å². The van der Waals surface area contributed by atoms with Crippen LogP contribution in [0.15, 0.2) is 45.3 Å². The highest BCUT2D eigenvalue weighted by molar-refractivity contribution is 14.1. The Morgan fingerprint density at radius 2 is 1.90 bits per heavy atom. The van der Waals surface area contributed by atoms with E-state index in [0.29, 0.717) is 6.61 Å². The molecule has 1 unspecified atom stereocenters. The van der Waals surface area contributed by atoms with Crippen LogP contribution in [0.2, 0.25) is 0 Å². The third-order valence-corrected chi connectivity index (χ3v) is 5.31. The molecule has 2 aromatic rings. The number of halogens is 3. The molecule has 0 spiro atoms. The summed E-state index contributed by atoms with van der Waals surface area (Å²) < 4.78 is 8.91. The number of rotatable bonds is 5. The SMILES string of the molecule is CCOc1ccc(C(NC)c2cc(Br)ccc2I)c(Br)c1. The van der Waals surface area contributed by atoms with Crippen molar-refractivity contribution in [2.24, 2.45) is 0 Å². The van der Waals surface area contributed by atoms with Crippen molar-refractivity contribution in [2.45, 2.75) is 13.0 Å². The van der Waals surface area contributed by atoms with Gasteiger partial charge in [-0.2, -0.15) is 0 Å². The quantitative estimate of drug-likeness (QED) is 0.520. The lowest BCUT2D eigenvalue weighted by molar-refractivity contribution is 0.340. The van der Waals surface area contributed by atoms with Gasteiger partial charge in [-0.05, 0) is 78.0 Å². The van der Waals surface area contributed by atoms with Gasteiger partial charge >= 0.3 is 0 Å². The monoisotopic (exact) mass is 523 g/mol. The zero-order chi connectivity index (χ0) is 15.4. The van der Waals surface area contributed by atoms with Crippen LogP contribution in [0.1, 0.15) is 24.1 Å². The molecule has 0 radical (unpaired) electrons. The molecule has 2 rings (SSSR count). The Bertz CT molecular complexity index is 634. The fourth-order valence-electron chi connectivity index (χ4n) is 2.21. The zero-order valence-corrected chi connectivity index (χ0v) is 17.1. The number of hydrogen-bond acceptors (Lipinski definition) is 2. The van der Waals surface area contributed by atoms with Crippen LogP contribution >= 0.6 is 54.5 Å². The van der Waals surface area contributed by atoms with Gasteiger partial charge in [0.05, 0.1) is 12.6 Å². The molecule has 1 N–H and O–H groups in total. The maximum absolute atomic E-state index is 5.54. The fourth-order valence-corrected chi connectivity index (χ4v) is 3.83. The number of hydrogen-bond donors (Lipinski definition) is 1. The second kappa shape index (κ2) is 7.94. The smallest absolute Gasteiger partial charge is 0.120 e. The third-order valence-electron chi connectivity index (χ3n) is 3.15. The van der Waals surface area contributed by atoms with E-state index in [9.17, 15) is 0 Å². The maximum atomic E-state index is 5.54. The van der Waals surface area contributed by atoms with Crippen LogP contribution in [-0.2, 0) is 0 Å². The average molecular weight is 525 g/mol. The van der Waals surface area contributed by atoms with Gasteiger partial charge in [0.1, 0.15) is 5.75 Å². The fraction of sp³-hybridized carbons (Fsp3) is 0.250. The Hall–Kier alpha value is -0.110. The molecule has 21 heavy (non-hydrogen) atoms. The largest absolute Gasteiger partial charge is 0.494 e. The van der Waals surface area contributed by atoms with Crippen LogP contribution in [-0.4, -0.2) is 13.7 Å². The number of ether oxygens (including phenoxy) is 1. The van der Waals surface area contributed by atoms with Gasteiger partial charge in [0, 0.05) is 12.5 Å². The van der Waals surface area contributed by atoms with E-state index in [-0.39, 0.29) is 6.04 Å². The van der Waals surface area contributed by atoms with E-state index in [1.807, 2.05) is 26.1 Å². The van der Waals surface area contributed by atoms with Crippen molar-refractivity contribution in [3.63, 3.8) is 0 Å². The highest BCUT2D eigenvalue weighted by Crippen LogP contribution is 2.34. The highest BCUT2D eigenvalue weighted by atomic mass is 127. The Morgan fingerprint density at radius 3 is 2.52 bits per heavy atom. The van der Waals surface area contributed by atoms with Crippen LogP contribution in [0.4, 0.5) is 0 Å². The summed E-state index contributed by atoms with van der Waals surface area (Å²) in [6.07, 6.45) is 0. The van der Waals surface area contributed by atoms with E-state index in [2.05, 4.69) is 84.0 Å². The standard InChI is InChI=1S/C16H16Br2INO/c1-3-21-11-5-6-12(14(18)9-11)16(20-2)13-8-10(17)4-7-15(13)19/h4-9,16,20H,3H2,1-2H3. The molecule has 5 heteroatoms. The molecule has 0 fully saturated rings. The molecule has 1 atom stereocenters. The summed E-state index contributed by atoms with van der Waals surface area (Å²) in [6, 6.07) is 12.6. The van der Waals surface area contributed by atoms with Crippen molar-refractivity contribution in [3.05, 3.63) is 60.0 Å². The summed E-state index contributed by atoms with van der Waals surface area (Å²) in [6.45, 7) is 2.66. The lowest BCUT2D eigenvalue weighted by Gasteiger charge is -2.21. The molecule has 0 bridgehead atoms. The van der Waals surface area contributed by atoms with Crippen molar-refractivity contribution in [1.29, 1.82) is 0 Å². The summed E-state index contributed by atoms with van der Waals surface area (Å²) in [5.74, 6) is 0.881. The van der Waals surface area contributed by atoms with Gasteiger partial charge in [0.25, 0.3) is 0 Å². The molecule has 0 aliphatic heterocycles. The predicted octanol–water partition coefficient (Wildman–Crippen LogP) is 5.52. The van der Waals surface area contributed by atoms with Gasteiger partial charge in [-0.25, -0.2) is 0 Å². The second-order valence-corrected chi connectivity index (χ2v) is 7.44. The van der Waals surface area contributed by atoms with Crippen LogP contribution < -0.4 is 10.1 Å². The highest BCUT2D eigenvalue weighted by Gasteiger charge is 2.18. The summed E-state index contributed by atoms with van der Waals surface area (Å²) in [5.41, 5.74) is 2.44. The van der Waals surface area contributed by atoms with Crippen molar-refractivity contribution in [3.8, 4) is 5.75 Å². The van der Waals surface area contributed by atoms with Gasteiger partial charge in [-0.3, -0.25) is 0 Å². The molecule has 0 aliphatic carbocycles. The molecular formula is C16H16Br2INO. The third kappa shape index (κ3) is 4.21. The molecule has 0 aromatic heterocycles. The number of nitrogens with one attached hydrogen (secondary N) is 1. The van der Waals surface area contributed by atoms with Crippen LogP contribution in [0, 0.1) is 3.57 Å². The topological polar surface area (TPSA) is 21.3 Å².